The molecule has 3 nitrogen and oxygen atoms in total. The van der Waals surface area contributed by atoms with Gasteiger partial charge in [-0.1, -0.05) is 12.1 Å². The lowest BCUT2D eigenvalue weighted by Gasteiger charge is -2.12. The van der Waals surface area contributed by atoms with Crippen molar-refractivity contribution in [1.29, 1.82) is 5.26 Å². The summed E-state index contributed by atoms with van der Waals surface area (Å²) in [4.78, 5) is 0. The number of anilines is 1. The van der Waals surface area contributed by atoms with Gasteiger partial charge in [0.25, 0.3) is 0 Å². The van der Waals surface area contributed by atoms with E-state index in [-0.39, 0.29) is 11.3 Å². The predicted octanol–water partition coefficient (Wildman–Crippen LogP) is 3.69. The minimum atomic E-state index is -0.599. The van der Waals surface area contributed by atoms with Crippen molar-refractivity contribution < 1.29 is 9.13 Å². The second-order valence-electron chi connectivity index (χ2n) is 4.30. The molecule has 2 rings (SSSR count). The Kier molecular flexibility index (Phi) is 3.39. The third kappa shape index (κ3) is 2.50. The van der Waals surface area contributed by atoms with Gasteiger partial charge in [-0.3, -0.25) is 0 Å². The van der Waals surface area contributed by atoms with E-state index >= 15 is 0 Å². The van der Waals surface area contributed by atoms with Gasteiger partial charge in [0.2, 0.25) is 0 Å². The molecule has 0 saturated carbocycles. The SMILES string of the molecule is Cc1cc(C)c(Oc2cccc(F)c2C#N)cc1N. The lowest BCUT2D eigenvalue weighted by molar-refractivity contribution is 0.471. The summed E-state index contributed by atoms with van der Waals surface area (Å²) in [6.07, 6.45) is 0. The molecule has 96 valence electrons. The molecule has 2 N–H and O–H groups in total. The van der Waals surface area contributed by atoms with Crippen molar-refractivity contribution in [3.63, 3.8) is 0 Å². The van der Waals surface area contributed by atoms with Crippen LogP contribution in [0.25, 0.3) is 0 Å². The molecule has 0 bridgehead atoms. The molecule has 0 heterocycles. The number of ether oxygens (including phenoxy) is 1. The third-order valence-electron chi connectivity index (χ3n) is 2.87. The van der Waals surface area contributed by atoms with E-state index in [4.69, 9.17) is 15.7 Å². The molecule has 0 atom stereocenters. The summed E-state index contributed by atoms with van der Waals surface area (Å²) in [5.41, 5.74) is 8.13. The predicted molar refractivity (Wildman–Crippen MR) is 71.5 cm³/mol. The summed E-state index contributed by atoms with van der Waals surface area (Å²) in [7, 11) is 0. The molecule has 0 aliphatic rings. The van der Waals surface area contributed by atoms with Crippen molar-refractivity contribution in [2.75, 3.05) is 5.73 Å². The molecule has 19 heavy (non-hydrogen) atoms. The average Bonchev–Trinajstić information content (AvgIpc) is 2.36. The van der Waals surface area contributed by atoms with Gasteiger partial charge in [0.15, 0.2) is 0 Å². The number of hydrogen-bond acceptors (Lipinski definition) is 3. The number of nitrogens with zero attached hydrogens (tertiary/aromatic N) is 1. The molecular formula is C15H13FN2O. The van der Waals surface area contributed by atoms with Crippen molar-refractivity contribution >= 4 is 5.69 Å². The maximum Gasteiger partial charge on any atom is 0.148 e. The Morgan fingerprint density at radius 1 is 1.16 bits per heavy atom. The number of benzene rings is 2. The lowest BCUT2D eigenvalue weighted by atomic mass is 10.1. The number of halogens is 1. The van der Waals surface area contributed by atoms with E-state index in [0.29, 0.717) is 11.4 Å². The zero-order valence-electron chi connectivity index (χ0n) is 10.7. The molecule has 4 heteroatoms. The van der Waals surface area contributed by atoms with Gasteiger partial charge < -0.3 is 10.5 Å². The summed E-state index contributed by atoms with van der Waals surface area (Å²) in [5, 5.41) is 8.95. The van der Waals surface area contributed by atoms with Gasteiger partial charge in [-0.25, -0.2) is 4.39 Å². The van der Waals surface area contributed by atoms with Crippen molar-refractivity contribution in [1.82, 2.24) is 0 Å². The van der Waals surface area contributed by atoms with Crippen molar-refractivity contribution in [3.8, 4) is 17.6 Å². The van der Waals surface area contributed by atoms with Gasteiger partial charge in [-0.15, -0.1) is 0 Å². The minimum Gasteiger partial charge on any atom is -0.456 e. The Bertz CT molecular complexity index is 675. The Hall–Kier alpha value is -2.54. The largest absolute Gasteiger partial charge is 0.456 e. The quantitative estimate of drug-likeness (QED) is 0.833. The standard InChI is InChI=1S/C15H13FN2O/c1-9-6-10(2)15(7-13(9)18)19-14-5-3-4-12(16)11(14)8-17/h3-7H,18H2,1-2H3. The summed E-state index contributed by atoms with van der Waals surface area (Å²) in [6, 6.07) is 9.64. The number of nitrogens with two attached hydrogens (primary N) is 1. The molecule has 0 unspecified atom stereocenters. The lowest BCUT2D eigenvalue weighted by Crippen LogP contribution is -1.96. The molecule has 2 aromatic carbocycles. The van der Waals surface area contributed by atoms with Crippen LogP contribution in [0.2, 0.25) is 0 Å². The van der Waals surface area contributed by atoms with E-state index in [1.165, 1.54) is 12.1 Å². The minimum absolute atomic E-state index is 0.110. The first-order valence-electron chi connectivity index (χ1n) is 5.76. The fraction of sp³-hybridized carbons (Fsp3) is 0.133. The Morgan fingerprint density at radius 2 is 1.89 bits per heavy atom. The number of nitrogen functional groups attached to an aromatic ring is 1. The van der Waals surface area contributed by atoms with E-state index < -0.39 is 5.82 Å². The molecule has 0 radical (unpaired) electrons. The molecule has 0 spiro atoms. The van der Waals surface area contributed by atoms with Crippen LogP contribution in [0.4, 0.5) is 10.1 Å². The average molecular weight is 256 g/mol. The van der Waals surface area contributed by atoms with E-state index in [2.05, 4.69) is 0 Å². The van der Waals surface area contributed by atoms with Crippen LogP contribution in [-0.2, 0) is 0 Å². The van der Waals surface area contributed by atoms with Gasteiger partial charge in [0, 0.05) is 11.8 Å². The first-order valence-corrected chi connectivity index (χ1v) is 5.76. The van der Waals surface area contributed by atoms with E-state index in [9.17, 15) is 4.39 Å². The molecule has 0 amide bonds. The van der Waals surface area contributed by atoms with Crippen LogP contribution in [0.1, 0.15) is 16.7 Å². The molecule has 0 aliphatic heterocycles. The Morgan fingerprint density at radius 3 is 2.58 bits per heavy atom. The smallest absolute Gasteiger partial charge is 0.148 e. The maximum atomic E-state index is 13.5. The zero-order valence-corrected chi connectivity index (χ0v) is 10.7. The van der Waals surface area contributed by atoms with Gasteiger partial charge in [0.05, 0.1) is 0 Å². The van der Waals surface area contributed by atoms with Crippen LogP contribution >= 0.6 is 0 Å². The number of hydrogen-bond donors (Lipinski definition) is 1. The first kappa shape index (κ1) is 12.9. The first-order chi connectivity index (χ1) is 9.02. The summed E-state index contributed by atoms with van der Waals surface area (Å²) in [6.45, 7) is 3.77. The molecular weight excluding hydrogens is 243 g/mol. The highest BCUT2D eigenvalue weighted by molar-refractivity contribution is 5.56. The molecule has 0 aliphatic carbocycles. The van der Waals surface area contributed by atoms with E-state index in [0.717, 1.165) is 11.1 Å². The van der Waals surface area contributed by atoms with Crippen LogP contribution in [-0.4, -0.2) is 0 Å². The van der Waals surface area contributed by atoms with E-state index in [1.54, 1.807) is 18.2 Å². The normalized spacial score (nSPS) is 10.0. The molecule has 0 aromatic heterocycles. The molecule has 0 fully saturated rings. The number of rotatable bonds is 2. The van der Waals surface area contributed by atoms with Crippen LogP contribution in [0, 0.1) is 31.0 Å². The van der Waals surface area contributed by atoms with Crippen molar-refractivity contribution in [3.05, 3.63) is 52.8 Å². The second kappa shape index (κ2) is 4.99. The highest BCUT2D eigenvalue weighted by atomic mass is 19.1. The summed E-state index contributed by atoms with van der Waals surface area (Å²) < 4.78 is 19.1. The van der Waals surface area contributed by atoms with E-state index in [1.807, 2.05) is 19.9 Å². The fourth-order valence-electron chi connectivity index (χ4n) is 1.77. The third-order valence-corrected chi connectivity index (χ3v) is 2.87. The van der Waals surface area contributed by atoms with Crippen LogP contribution in [0.3, 0.4) is 0 Å². The van der Waals surface area contributed by atoms with Gasteiger partial charge >= 0.3 is 0 Å². The van der Waals surface area contributed by atoms with Crippen molar-refractivity contribution in [2.45, 2.75) is 13.8 Å². The summed E-state index contributed by atoms with van der Waals surface area (Å²) >= 11 is 0. The van der Waals surface area contributed by atoms with Gasteiger partial charge in [-0.05, 0) is 37.1 Å². The van der Waals surface area contributed by atoms with Crippen molar-refractivity contribution in [2.24, 2.45) is 0 Å². The fourth-order valence-corrected chi connectivity index (χ4v) is 1.77. The Labute approximate surface area is 111 Å². The van der Waals surface area contributed by atoms with Crippen LogP contribution in [0.5, 0.6) is 11.5 Å². The summed E-state index contributed by atoms with van der Waals surface area (Å²) in [5.74, 6) is 0.108. The monoisotopic (exact) mass is 256 g/mol. The molecule has 2 aromatic rings. The topological polar surface area (TPSA) is 59.0 Å². The van der Waals surface area contributed by atoms with Gasteiger partial charge in [-0.2, -0.15) is 5.26 Å². The van der Waals surface area contributed by atoms with Gasteiger partial charge in [0.1, 0.15) is 28.9 Å². The maximum absolute atomic E-state index is 13.5. The molecule has 0 saturated heterocycles. The second-order valence-corrected chi connectivity index (χ2v) is 4.30. The number of nitriles is 1. The highest BCUT2D eigenvalue weighted by Crippen LogP contribution is 2.31. The number of aryl methyl sites for hydroxylation is 2. The van der Waals surface area contributed by atoms with Crippen LogP contribution < -0.4 is 10.5 Å². The van der Waals surface area contributed by atoms with Crippen LogP contribution in [0.15, 0.2) is 30.3 Å². The highest BCUT2D eigenvalue weighted by Gasteiger charge is 2.11. The zero-order chi connectivity index (χ0) is 14.0. The Balaban J connectivity index is 2.45.